The molecule has 4 aromatic heterocycles. The molecular weight excluding hydrogens is 405 g/mol. The van der Waals surface area contributed by atoms with Crippen LogP contribution in [-0.2, 0) is 0 Å². The summed E-state index contributed by atoms with van der Waals surface area (Å²) in [7, 11) is 0. The van der Waals surface area contributed by atoms with Crippen molar-refractivity contribution in [2.75, 3.05) is 0 Å². The van der Waals surface area contributed by atoms with Crippen LogP contribution >= 0.6 is 11.3 Å². The standard InChI is InChI=1S/C20H14FN7OS/c1-10-7-30-20-27-15(11(2)26-18-16-17(23-8-22-16)24-9-25-18)14(19(29)28(10)20)12-4-3-5-13(21)6-12/h3-9H,1-2H3,(H,22,23,24,25). The molecule has 148 valence electrons. The number of aromatic amines is 1. The maximum atomic E-state index is 14.0. The predicted octanol–water partition coefficient (Wildman–Crippen LogP) is 3.68. The van der Waals surface area contributed by atoms with Crippen molar-refractivity contribution in [2.24, 2.45) is 4.99 Å². The first-order valence-corrected chi connectivity index (χ1v) is 9.87. The quantitative estimate of drug-likeness (QED) is 0.450. The number of imidazole rings is 1. The molecule has 30 heavy (non-hydrogen) atoms. The molecule has 5 rings (SSSR count). The predicted molar refractivity (Wildman–Crippen MR) is 113 cm³/mol. The Balaban J connectivity index is 1.80. The zero-order valence-corrected chi connectivity index (χ0v) is 16.7. The largest absolute Gasteiger partial charge is 0.340 e. The van der Waals surface area contributed by atoms with Crippen LogP contribution in [0.4, 0.5) is 10.2 Å². The van der Waals surface area contributed by atoms with E-state index in [2.05, 4.69) is 29.9 Å². The molecule has 4 heterocycles. The summed E-state index contributed by atoms with van der Waals surface area (Å²) in [5, 5.41) is 1.86. The summed E-state index contributed by atoms with van der Waals surface area (Å²) in [6.07, 6.45) is 2.88. The highest BCUT2D eigenvalue weighted by Gasteiger charge is 2.20. The van der Waals surface area contributed by atoms with Crippen molar-refractivity contribution < 1.29 is 4.39 Å². The van der Waals surface area contributed by atoms with Crippen molar-refractivity contribution in [1.82, 2.24) is 29.3 Å². The second-order valence-electron chi connectivity index (χ2n) is 6.64. The molecule has 0 fully saturated rings. The van der Waals surface area contributed by atoms with Gasteiger partial charge in [0.2, 0.25) is 0 Å². The molecule has 0 bridgehead atoms. The van der Waals surface area contributed by atoms with E-state index in [-0.39, 0.29) is 11.1 Å². The fraction of sp³-hybridized carbons (Fsp3) is 0.100. The average Bonchev–Trinajstić information content (AvgIpc) is 3.35. The molecule has 0 radical (unpaired) electrons. The fourth-order valence-corrected chi connectivity index (χ4v) is 4.15. The maximum absolute atomic E-state index is 14.0. The average molecular weight is 419 g/mol. The number of fused-ring (bicyclic) bond motifs is 2. The highest BCUT2D eigenvalue weighted by Crippen LogP contribution is 2.25. The lowest BCUT2D eigenvalue weighted by Crippen LogP contribution is -2.21. The third kappa shape index (κ3) is 2.89. The van der Waals surface area contributed by atoms with Gasteiger partial charge in [-0.1, -0.05) is 12.1 Å². The molecule has 1 aromatic carbocycles. The SMILES string of the molecule is CC(=Nc1ncnc2nc[nH]c12)c1nc2scc(C)n2c(=O)c1-c1cccc(F)c1. The van der Waals surface area contributed by atoms with Crippen LogP contribution in [0.15, 0.2) is 52.1 Å². The number of nitrogens with zero attached hydrogens (tertiary/aromatic N) is 6. The van der Waals surface area contributed by atoms with Crippen LogP contribution in [0.2, 0.25) is 0 Å². The molecule has 0 atom stereocenters. The normalized spacial score (nSPS) is 12.2. The van der Waals surface area contributed by atoms with Crippen molar-refractivity contribution in [3.05, 3.63) is 69.9 Å². The molecule has 0 saturated heterocycles. The lowest BCUT2D eigenvalue weighted by atomic mass is 10.0. The van der Waals surface area contributed by atoms with E-state index < -0.39 is 5.82 Å². The molecule has 0 aliphatic heterocycles. The second kappa shape index (κ2) is 6.92. The van der Waals surface area contributed by atoms with Crippen LogP contribution in [0, 0.1) is 12.7 Å². The molecule has 0 saturated carbocycles. The smallest absolute Gasteiger partial charge is 0.267 e. The van der Waals surface area contributed by atoms with Crippen LogP contribution in [0.3, 0.4) is 0 Å². The molecule has 0 amide bonds. The highest BCUT2D eigenvalue weighted by atomic mass is 32.1. The summed E-state index contributed by atoms with van der Waals surface area (Å²) < 4.78 is 15.5. The Kier molecular flexibility index (Phi) is 4.21. The molecule has 0 aliphatic rings. The number of nitrogens with one attached hydrogen (secondary N) is 1. The van der Waals surface area contributed by atoms with Crippen LogP contribution < -0.4 is 5.56 Å². The van der Waals surface area contributed by atoms with Gasteiger partial charge in [-0.25, -0.2) is 29.3 Å². The van der Waals surface area contributed by atoms with Gasteiger partial charge in [-0.05, 0) is 31.5 Å². The van der Waals surface area contributed by atoms with Gasteiger partial charge in [-0.3, -0.25) is 9.20 Å². The minimum Gasteiger partial charge on any atom is -0.340 e. The van der Waals surface area contributed by atoms with Crippen LogP contribution in [-0.4, -0.2) is 35.0 Å². The number of halogens is 1. The Morgan fingerprint density at radius 3 is 2.97 bits per heavy atom. The van der Waals surface area contributed by atoms with Crippen LogP contribution in [0.1, 0.15) is 18.3 Å². The molecule has 1 N–H and O–H groups in total. The number of thiazole rings is 1. The molecule has 0 aliphatic carbocycles. The van der Waals surface area contributed by atoms with Crippen molar-refractivity contribution in [3.8, 4) is 11.1 Å². The first-order chi connectivity index (χ1) is 14.5. The Bertz CT molecular complexity index is 1510. The van der Waals surface area contributed by atoms with Crippen molar-refractivity contribution in [3.63, 3.8) is 0 Å². The molecule has 8 nitrogen and oxygen atoms in total. The number of aryl methyl sites for hydroxylation is 1. The van der Waals surface area contributed by atoms with Gasteiger partial charge in [0.1, 0.15) is 23.4 Å². The zero-order chi connectivity index (χ0) is 20.8. The minimum absolute atomic E-state index is 0.275. The third-order valence-corrected chi connectivity index (χ3v) is 5.62. The van der Waals surface area contributed by atoms with E-state index in [9.17, 15) is 9.18 Å². The Morgan fingerprint density at radius 2 is 2.13 bits per heavy atom. The number of benzene rings is 1. The van der Waals surface area contributed by atoms with E-state index >= 15 is 0 Å². The van der Waals surface area contributed by atoms with Gasteiger partial charge in [0.25, 0.3) is 5.56 Å². The summed E-state index contributed by atoms with van der Waals surface area (Å²) in [6.45, 7) is 3.57. The Hall–Kier alpha value is -3.79. The maximum Gasteiger partial charge on any atom is 0.267 e. The van der Waals surface area contributed by atoms with Gasteiger partial charge in [-0.2, -0.15) is 0 Å². The van der Waals surface area contributed by atoms with E-state index in [4.69, 9.17) is 0 Å². The lowest BCUT2D eigenvalue weighted by Gasteiger charge is -2.10. The molecule has 5 aromatic rings. The topological polar surface area (TPSA) is 101 Å². The van der Waals surface area contributed by atoms with Crippen LogP contribution in [0.5, 0.6) is 0 Å². The van der Waals surface area contributed by atoms with Crippen molar-refractivity contribution in [1.29, 1.82) is 0 Å². The van der Waals surface area contributed by atoms with E-state index in [0.717, 1.165) is 5.69 Å². The fourth-order valence-electron chi connectivity index (χ4n) is 3.30. The summed E-state index contributed by atoms with van der Waals surface area (Å²) in [5.41, 5.74) is 3.11. The van der Waals surface area contributed by atoms with Crippen LogP contribution in [0.25, 0.3) is 27.3 Å². The molecule has 10 heteroatoms. The van der Waals surface area contributed by atoms with Gasteiger partial charge in [0.15, 0.2) is 16.4 Å². The number of hydrogen-bond donors (Lipinski definition) is 1. The van der Waals surface area contributed by atoms with E-state index in [1.807, 2.05) is 12.3 Å². The first kappa shape index (κ1) is 18.3. The van der Waals surface area contributed by atoms with Crippen molar-refractivity contribution >= 4 is 39.0 Å². The minimum atomic E-state index is -0.436. The summed E-state index contributed by atoms with van der Waals surface area (Å²) >= 11 is 1.36. The monoisotopic (exact) mass is 419 g/mol. The van der Waals surface area contributed by atoms with E-state index in [1.54, 1.807) is 19.1 Å². The van der Waals surface area contributed by atoms with Gasteiger partial charge in [-0.15, -0.1) is 11.3 Å². The van der Waals surface area contributed by atoms with Gasteiger partial charge in [0.05, 0.1) is 17.6 Å². The molecule has 0 unspecified atom stereocenters. The van der Waals surface area contributed by atoms with Gasteiger partial charge >= 0.3 is 0 Å². The number of H-pyrrole nitrogens is 1. The summed E-state index contributed by atoms with van der Waals surface area (Å²) in [4.78, 5) is 38.6. The lowest BCUT2D eigenvalue weighted by molar-refractivity contribution is 0.628. The third-order valence-electron chi connectivity index (χ3n) is 4.67. The number of rotatable bonds is 3. The van der Waals surface area contributed by atoms with Gasteiger partial charge in [0, 0.05) is 11.1 Å². The number of hydrogen-bond acceptors (Lipinski definition) is 7. The van der Waals surface area contributed by atoms with Crippen molar-refractivity contribution in [2.45, 2.75) is 13.8 Å². The zero-order valence-electron chi connectivity index (χ0n) is 15.9. The Morgan fingerprint density at radius 1 is 1.27 bits per heavy atom. The van der Waals surface area contributed by atoms with E-state index in [0.29, 0.717) is 38.9 Å². The Labute approximate surface area is 172 Å². The molecule has 0 spiro atoms. The number of aromatic nitrogens is 6. The number of aliphatic imine (C=N–C) groups is 1. The van der Waals surface area contributed by atoms with Gasteiger partial charge < -0.3 is 4.98 Å². The second-order valence-corrected chi connectivity index (χ2v) is 7.48. The summed E-state index contributed by atoms with van der Waals surface area (Å²) in [5.74, 6) is -0.0564. The molecular formula is C20H14FN7OS. The summed E-state index contributed by atoms with van der Waals surface area (Å²) in [6, 6.07) is 5.90. The first-order valence-electron chi connectivity index (χ1n) is 8.99. The van der Waals surface area contributed by atoms with E-state index in [1.165, 1.54) is 40.5 Å². The highest BCUT2D eigenvalue weighted by molar-refractivity contribution is 7.15.